The Morgan fingerprint density at radius 3 is 2.29 bits per heavy atom. The number of amides is 4. The molecule has 0 spiro atoms. The maximum Gasteiger partial charge on any atom is 0.321 e. The largest absolute Gasteiger partial charge is 0.324 e. The second-order valence-corrected chi connectivity index (χ2v) is 8.85. The van der Waals surface area contributed by atoms with Crippen LogP contribution in [0.1, 0.15) is 35.1 Å². The first-order valence-corrected chi connectivity index (χ1v) is 11.1. The van der Waals surface area contributed by atoms with Crippen molar-refractivity contribution in [1.29, 1.82) is 0 Å². The van der Waals surface area contributed by atoms with Crippen molar-refractivity contribution in [3.8, 4) is 0 Å². The van der Waals surface area contributed by atoms with E-state index in [2.05, 4.69) is 42.6 Å². The molecule has 0 unspecified atom stereocenters. The highest BCUT2D eigenvalue weighted by atomic mass is 16.2. The summed E-state index contributed by atoms with van der Waals surface area (Å²) >= 11 is 0. The van der Waals surface area contributed by atoms with Gasteiger partial charge in [-0.05, 0) is 50.8 Å². The lowest BCUT2D eigenvalue weighted by Crippen LogP contribution is -2.49. The molecule has 2 aliphatic rings. The molecule has 31 heavy (non-hydrogen) atoms. The second-order valence-electron chi connectivity index (χ2n) is 8.85. The van der Waals surface area contributed by atoms with Crippen molar-refractivity contribution in [2.24, 2.45) is 0 Å². The molecule has 2 aliphatic heterocycles. The predicted molar refractivity (Wildman–Crippen MR) is 123 cm³/mol. The minimum absolute atomic E-state index is 0.0563. The van der Waals surface area contributed by atoms with Crippen molar-refractivity contribution < 1.29 is 9.59 Å². The van der Waals surface area contributed by atoms with Gasteiger partial charge in [0.2, 0.25) is 0 Å². The molecule has 164 valence electrons. The van der Waals surface area contributed by atoms with Gasteiger partial charge in [0.25, 0.3) is 0 Å². The number of carbonyl (C=O) groups is 2. The molecular weight excluding hydrogens is 388 g/mol. The smallest absolute Gasteiger partial charge is 0.321 e. The van der Waals surface area contributed by atoms with E-state index in [1.807, 2.05) is 40.7 Å². The predicted octanol–water partition coefficient (Wildman–Crippen LogP) is 4.55. The molecule has 0 atom stereocenters. The Morgan fingerprint density at radius 1 is 0.935 bits per heavy atom. The highest BCUT2D eigenvalue weighted by molar-refractivity contribution is 5.90. The van der Waals surface area contributed by atoms with Crippen molar-refractivity contribution in [2.75, 3.05) is 31.5 Å². The van der Waals surface area contributed by atoms with Gasteiger partial charge in [-0.1, -0.05) is 47.5 Å². The van der Waals surface area contributed by atoms with Crippen LogP contribution in [0, 0.1) is 20.8 Å². The van der Waals surface area contributed by atoms with E-state index in [0.717, 1.165) is 37.2 Å². The van der Waals surface area contributed by atoms with E-state index < -0.39 is 0 Å². The monoisotopic (exact) mass is 420 g/mol. The number of anilines is 1. The van der Waals surface area contributed by atoms with Crippen LogP contribution < -0.4 is 5.32 Å². The summed E-state index contributed by atoms with van der Waals surface area (Å²) in [6.45, 7) is 9.66. The van der Waals surface area contributed by atoms with Crippen LogP contribution in [0.25, 0.3) is 0 Å². The molecule has 1 N–H and O–H groups in total. The number of benzene rings is 2. The van der Waals surface area contributed by atoms with Crippen molar-refractivity contribution in [1.82, 2.24) is 14.7 Å². The van der Waals surface area contributed by atoms with Gasteiger partial charge in [0.1, 0.15) is 0 Å². The van der Waals surface area contributed by atoms with Crippen LogP contribution in [0.5, 0.6) is 0 Å². The fourth-order valence-corrected chi connectivity index (χ4v) is 4.53. The number of piperidine rings is 1. The van der Waals surface area contributed by atoms with Gasteiger partial charge < -0.3 is 20.0 Å². The van der Waals surface area contributed by atoms with Crippen LogP contribution in [-0.2, 0) is 6.54 Å². The fourth-order valence-electron chi connectivity index (χ4n) is 4.53. The van der Waals surface area contributed by atoms with Gasteiger partial charge in [0, 0.05) is 44.5 Å². The first-order chi connectivity index (χ1) is 14.9. The third-order valence-electron chi connectivity index (χ3n) is 6.44. The third kappa shape index (κ3) is 4.84. The molecule has 0 radical (unpaired) electrons. The lowest BCUT2D eigenvalue weighted by Gasteiger charge is -2.36. The van der Waals surface area contributed by atoms with E-state index in [1.54, 1.807) is 0 Å². The maximum atomic E-state index is 13.0. The second kappa shape index (κ2) is 9.00. The molecule has 2 aromatic rings. The van der Waals surface area contributed by atoms with E-state index in [0.29, 0.717) is 19.6 Å². The molecule has 2 saturated heterocycles. The standard InChI is InChI=1S/C25H32N4O2/c1-18-4-7-21(8-5-18)17-28-14-15-29(25(28)31)22-10-12-27(13-11-22)24(30)26-23-9-6-19(2)16-20(23)3/h4-9,16,22H,10-15,17H2,1-3H3,(H,26,30). The Bertz CT molecular complexity index is 948. The Morgan fingerprint density at radius 2 is 1.61 bits per heavy atom. The summed E-state index contributed by atoms with van der Waals surface area (Å²) in [5, 5.41) is 3.04. The number of hydrogen-bond donors (Lipinski definition) is 1. The van der Waals surface area contributed by atoms with Crippen LogP contribution in [0.15, 0.2) is 42.5 Å². The Hall–Kier alpha value is -3.02. The first-order valence-electron chi connectivity index (χ1n) is 11.1. The van der Waals surface area contributed by atoms with Crippen LogP contribution in [0.4, 0.5) is 15.3 Å². The van der Waals surface area contributed by atoms with Crippen molar-refractivity contribution in [2.45, 2.75) is 46.2 Å². The normalized spacial score (nSPS) is 17.4. The summed E-state index contributed by atoms with van der Waals surface area (Å²) in [4.78, 5) is 31.5. The fraction of sp³-hybridized carbons (Fsp3) is 0.440. The molecule has 2 heterocycles. The van der Waals surface area contributed by atoms with Gasteiger partial charge in [-0.25, -0.2) is 9.59 Å². The molecule has 0 saturated carbocycles. The number of likely N-dealkylation sites (tertiary alicyclic amines) is 1. The maximum absolute atomic E-state index is 13.0. The van der Waals surface area contributed by atoms with Crippen LogP contribution in [0.2, 0.25) is 0 Å². The zero-order valence-corrected chi connectivity index (χ0v) is 18.7. The zero-order chi connectivity index (χ0) is 22.0. The summed E-state index contributed by atoms with van der Waals surface area (Å²) in [6.07, 6.45) is 1.65. The number of nitrogens with zero attached hydrogens (tertiary/aromatic N) is 3. The first kappa shape index (κ1) is 21.2. The van der Waals surface area contributed by atoms with E-state index in [4.69, 9.17) is 0 Å². The third-order valence-corrected chi connectivity index (χ3v) is 6.44. The molecule has 2 aromatic carbocycles. The highest BCUT2D eigenvalue weighted by Gasteiger charge is 2.36. The molecule has 4 amide bonds. The lowest BCUT2D eigenvalue weighted by molar-refractivity contribution is 0.139. The van der Waals surface area contributed by atoms with Gasteiger partial charge in [-0.2, -0.15) is 0 Å². The van der Waals surface area contributed by atoms with E-state index in [-0.39, 0.29) is 18.1 Å². The van der Waals surface area contributed by atoms with E-state index in [9.17, 15) is 9.59 Å². The number of hydrogen-bond acceptors (Lipinski definition) is 2. The SMILES string of the molecule is Cc1ccc(CN2CCN(C3CCN(C(=O)Nc4ccc(C)cc4C)CC3)C2=O)cc1. The molecule has 6 nitrogen and oxygen atoms in total. The number of carbonyl (C=O) groups excluding carboxylic acids is 2. The average molecular weight is 421 g/mol. The zero-order valence-electron chi connectivity index (χ0n) is 18.7. The average Bonchev–Trinajstić information content (AvgIpc) is 3.12. The van der Waals surface area contributed by atoms with Crippen molar-refractivity contribution >= 4 is 17.7 Å². The van der Waals surface area contributed by atoms with Gasteiger partial charge in [0.15, 0.2) is 0 Å². The highest BCUT2D eigenvalue weighted by Crippen LogP contribution is 2.24. The topological polar surface area (TPSA) is 55.9 Å². The number of aryl methyl sites for hydroxylation is 3. The molecule has 2 fully saturated rings. The number of urea groups is 2. The molecule has 6 heteroatoms. The molecule has 0 aliphatic carbocycles. The summed E-state index contributed by atoms with van der Waals surface area (Å²) < 4.78 is 0. The van der Waals surface area contributed by atoms with Gasteiger partial charge in [-0.15, -0.1) is 0 Å². The van der Waals surface area contributed by atoms with Crippen LogP contribution >= 0.6 is 0 Å². The Labute approximate surface area is 184 Å². The molecular formula is C25H32N4O2. The van der Waals surface area contributed by atoms with Crippen LogP contribution in [-0.4, -0.2) is 59.0 Å². The van der Waals surface area contributed by atoms with Gasteiger partial charge in [-0.3, -0.25) is 0 Å². The van der Waals surface area contributed by atoms with Crippen molar-refractivity contribution in [3.05, 3.63) is 64.7 Å². The molecule has 0 aromatic heterocycles. The Kier molecular flexibility index (Phi) is 6.16. The number of rotatable bonds is 4. The van der Waals surface area contributed by atoms with E-state index in [1.165, 1.54) is 16.7 Å². The lowest BCUT2D eigenvalue weighted by atomic mass is 10.0. The summed E-state index contributed by atoms with van der Waals surface area (Å²) in [5.41, 5.74) is 5.51. The minimum Gasteiger partial charge on any atom is -0.324 e. The van der Waals surface area contributed by atoms with E-state index >= 15 is 0 Å². The Balaban J connectivity index is 1.29. The molecule has 4 rings (SSSR count). The summed E-state index contributed by atoms with van der Waals surface area (Å²) in [6, 6.07) is 14.7. The summed E-state index contributed by atoms with van der Waals surface area (Å²) in [5.74, 6) is 0. The van der Waals surface area contributed by atoms with Crippen LogP contribution in [0.3, 0.4) is 0 Å². The minimum atomic E-state index is -0.0563. The van der Waals surface area contributed by atoms with Crippen molar-refractivity contribution in [3.63, 3.8) is 0 Å². The quantitative estimate of drug-likeness (QED) is 0.789. The summed E-state index contributed by atoms with van der Waals surface area (Å²) in [7, 11) is 0. The number of nitrogens with one attached hydrogen (secondary N) is 1. The van der Waals surface area contributed by atoms with Gasteiger partial charge in [0.05, 0.1) is 0 Å². The molecule has 0 bridgehead atoms. The van der Waals surface area contributed by atoms with Gasteiger partial charge >= 0.3 is 12.1 Å².